The van der Waals surface area contributed by atoms with Gasteiger partial charge < -0.3 is 26.4 Å². The molecule has 2 amide bonds. The lowest BCUT2D eigenvalue weighted by molar-refractivity contribution is -0.159. The topological polar surface area (TPSA) is 157 Å². The van der Waals surface area contributed by atoms with Crippen molar-refractivity contribution in [1.82, 2.24) is 34.7 Å². The van der Waals surface area contributed by atoms with Crippen LogP contribution in [0, 0.1) is 5.92 Å². The van der Waals surface area contributed by atoms with Crippen LogP contribution in [-0.4, -0.2) is 98.7 Å². The Kier molecular flexibility index (Phi) is 6.72. The molecule has 1 saturated carbocycles. The van der Waals surface area contributed by atoms with E-state index < -0.39 is 48.7 Å². The largest absolute Gasteiger partial charge is 0.480 e. The summed E-state index contributed by atoms with van der Waals surface area (Å²) in [4.78, 5) is 37.7. The van der Waals surface area contributed by atoms with Gasteiger partial charge in [0.2, 0.25) is 17.7 Å². The number of ether oxygens (including phenoxy) is 1. The normalized spacial score (nSPS) is 22.9. The number of hydrogen-bond acceptors (Lipinski definition) is 9. The first-order valence-corrected chi connectivity index (χ1v) is 13.3. The quantitative estimate of drug-likeness (QED) is 0.373. The minimum Gasteiger partial charge on any atom is -0.480 e. The van der Waals surface area contributed by atoms with E-state index in [2.05, 4.69) is 25.3 Å². The van der Waals surface area contributed by atoms with Crippen LogP contribution in [0.1, 0.15) is 28.8 Å². The molecule has 2 saturated heterocycles. The van der Waals surface area contributed by atoms with Crippen LogP contribution in [0.25, 0.3) is 16.8 Å². The minimum atomic E-state index is -2.86. The summed E-state index contributed by atoms with van der Waals surface area (Å²) in [6.07, 6.45) is 0.228. The van der Waals surface area contributed by atoms with Crippen molar-refractivity contribution in [2.45, 2.75) is 43.6 Å². The first-order chi connectivity index (χ1) is 19.5. The molecule has 5 N–H and O–H groups in total. The molecule has 3 aliphatic rings. The molecule has 1 aliphatic carbocycles. The van der Waals surface area contributed by atoms with Gasteiger partial charge in [0.05, 0.1) is 25.4 Å². The Morgan fingerprint density at radius 2 is 1.93 bits per heavy atom. The van der Waals surface area contributed by atoms with Crippen LogP contribution in [0.3, 0.4) is 0 Å². The summed E-state index contributed by atoms with van der Waals surface area (Å²) >= 11 is 0. The van der Waals surface area contributed by atoms with Gasteiger partial charge in [0.25, 0.3) is 5.91 Å². The van der Waals surface area contributed by atoms with Gasteiger partial charge in [-0.15, -0.1) is 0 Å². The number of alkyl halides is 3. The second-order valence-electron chi connectivity index (χ2n) is 11.0. The monoisotopic (exact) mass is 573 g/mol. The number of halogens is 3. The zero-order valence-electron chi connectivity index (χ0n) is 22.3. The van der Waals surface area contributed by atoms with Crippen LogP contribution in [0.2, 0.25) is 0 Å². The standard InChI is InChI=1S/C26H30F3N9O3/c1-41-24-17(23(39)35-19-11-37(10-18(19)27)25(40)15-4-26(28,29)5-15)2-13(6-32-24)20-3-14(7-36-8-16(30)9-36)21-22(31)33-12-34-38(20)21/h2-3,6,12,15-16,18-19H,4-5,7-11,30H2,1H3,(H,35,39)(H2,31,33,34)/t18-,19+/m0/s1. The van der Waals surface area contributed by atoms with Gasteiger partial charge in [0, 0.05) is 62.7 Å². The summed E-state index contributed by atoms with van der Waals surface area (Å²) in [5.41, 5.74) is 14.8. The third-order valence-corrected chi connectivity index (χ3v) is 7.94. The highest BCUT2D eigenvalue weighted by Gasteiger charge is 2.51. The fraction of sp³-hybridized carbons (Fsp3) is 0.500. The molecule has 3 fully saturated rings. The van der Waals surface area contributed by atoms with Gasteiger partial charge >= 0.3 is 0 Å². The molecule has 0 unspecified atom stereocenters. The van der Waals surface area contributed by atoms with Gasteiger partial charge in [0.15, 0.2) is 5.82 Å². The highest BCUT2D eigenvalue weighted by molar-refractivity contribution is 5.98. The second kappa shape index (κ2) is 10.1. The Morgan fingerprint density at radius 1 is 1.17 bits per heavy atom. The van der Waals surface area contributed by atoms with Gasteiger partial charge in [0.1, 0.15) is 23.6 Å². The lowest BCUT2D eigenvalue weighted by atomic mass is 9.80. The summed E-state index contributed by atoms with van der Waals surface area (Å²) in [6, 6.07) is 2.57. The van der Waals surface area contributed by atoms with E-state index in [1.54, 1.807) is 10.6 Å². The maximum absolute atomic E-state index is 14.9. The van der Waals surface area contributed by atoms with E-state index in [0.29, 0.717) is 29.1 Å². The lowest BCUT2D eigenvalue weighted by Crippen LogP contribution is -2.54. The number of nitrogen functional groups attached to an aromatic ring is 1. The molecular formula is C26H30F3N9O3. The smallest absolute Gasteiger partial charge is 0.257 e. The molecule has 218 valence electrons. The van der Waals surface area contributed by atoms with E-state index in [4.69, 9.17) is 16.2 Å². The molecule has 0 spiro atoms. The maximum atomic E-state index is 14.9. The van der Waals surface area contributed by atoms with E-state index in [0.717, 1.165) is 18.7 Å². The number of hydrogen-bond donors (Lipinski definition) is 3. The first kappa shape index (κ1) is 27.2. The van der Waals surface area contributed by atoms with Gasteiger partial charge in [-0.1, -0.05) is 0 Å². The Labute approximate surface area is 232 Å². The molecule has 5 heterocycles. The van der Waals surface area contributed by atoms with Crippen LogP contribution < -0.4 is 21.5 Å². The molecule has 41 heavy (non-hydrogen) atoms. The van der Waals surface area contributed by atoms with Crippen LogP contribution in [-0.2, 0) is 11.3 Å². The Hall–Kier alpha value is -3.98. The second-order valence-corrected chi connectivity index (χ2v) is 11.0. The van der Waals surface area contributed by atoms with Gasteiger partial charge in [-0.3, -0.25) is 14.5 Å². The number of nitrogens with one attached hydrogen (secondary N) is 1. The van der Waals surface area contributed by atoms with Crippen LogP contribution in [0.15, 0.2) is 24.7 Å². The van der Waals surface area contributed by atoms with Gasteiger partial charge in [-0.2, -0.15) is 5.10 Å². The Morgan fingerprint density at radius 3 is 2.61 bits per heavy atom. The van der Waals surface area contributed by atoms with Crippen molar-refractivity contribution in [3.63, 3.8) is 0 Å². The van der Waals surface area contributed by atoms with Crippen molar-refractivity contribution in [1.29, 1.82) is 0 Å². The van der Waals surface area contributed by atoms with Gasteiger partial charge in [-0.05, 0) is 17.7 Å². The van der Waals surface area contributed by atoms with Crippen molar-refractivity contribution < 1.29 is 27.5 Å². The summed E-state index contributed by atoms with van der Waals surface area (Å²) in [5, 5.41) is 6.99. The molecule has 12 nitrogen and oxygen atoms in total. The number of pyridine rings is 1. The number of rotatable bonds is 7. The maximum Gasteiger partial charge on any atom is 0.257 e. The van der Waals surface area contributed by atoms with Crippen molar-refractivity contribution in [3.05, 3.63) is 35.8 Å². The third kappa shape index (κ3) is 5.03. The minimum absolute atomic E-state index is 0.0223. The number of nitrogens with zero attached hydrogens (tertiary/aromatic N) is 6. The van der Waals surface area contributed by atoms with Crippen molar-refractivity contribution in [3.8, 4) is 17.1 Å². The molecule has 2 atom stereocenters. The number of carbonyl (C=O) groups excluding carboxylic acids is 2. The number of fused-ring (bicyclic) bond motifs is 1. The molecule has 3 aromatic rings. The molecule has 2 aliphatic heterocycles. The van der Waals surface area contributed by atoms with Crippen molar-refractivity contribution in [2.75, 3.05) is 39.0 Å². The number of aromatic nitrogens is 4. The number of methoxy groups -OCH3 is 1. The fourth-order valence-electron chi connectivity index (χ4n) is 5.79. The summed E-state index contributed by atoms with van der Waals surface area (Å²) in [6.45, 7) is 1.69. The predicted octanol–water partition coefficient (Wildman–Crippen LogP) is 0.849. The van der Waals surface area contributed by atoms with Crippen LogP contribution in [0.5, 0.6) is 5.88 Å². The summed E-state index contributed by atoms with van der Waals surface area (Å²) < 4.78 is 48.3. The molecule has 0 bridgehead atoms. The van der Waals surface area contributed by atoms with Gasteiger partial charge in [-0.25, -0.2) is 27.7 Å². The average molecular weight is 574 g/mol. The number of anilines is 1. The van der Waals surface area contributed by atoms with E-state index in [1.165, 1.54) is 24.5 Å². The van der Waals surface area contributed by atoms with E-state index in [1.807, 2.05) is 6.07 Å². The number of likely N-dealkylation sites (tertiary alicyclic amines) is 2. The van der Waals surface area contributed by atoms with Crippen molar-refractivity contribution in [2.24, 2.45) is 11.7 Å². The molecule has 3 aromatic heterocycles. The first-order valence-electron chi connectivity index (χ1n) is 13.3. The summed E-state index contributed by atoms with van der Waals surface area (Å²) in [7, 11) is 1.36. The lowest BCUT2D eigenvalue weighted by Gasteiger charge is -2.36. The Balaban J connectivity index is 1.24. The fourth-order valence-corrected chi connectivity index (χ4v) is 5.79. The SMILES string of the molecule is COc1ncc(-c2cc(CN3CC(N)C3)c3c(N)ncnn23)cc1C(=O)N[C@@H]1CN(C(=O)C2CC(F)(F)C2)C[C@@H]1F. The van der Waals surface area contributed by atoms with Crippen molar-refractivity contribution >= 4 is 23.1 Å². The zero-order valence-corrected chi connectivity index (χ0v) is 22.3. The van der Waals surface area contributed by atoms with E-state index in [9.17, 15) is 22.8 Å². The molecule has 15 heteroatoms. The van der Waals surface area contributed by atoms with Crippen LogP contribution in [0.4, 0.5) is 19.0 Å². The highest BCUT2D eigenvalue weighted by atomic mass is 19.3. The Bertz CT molecular complexity index is 1500. The highest BCUT2D eigenvalue weighted by Crippen LogP contribution is 2.43. The molecule has 0 radical (unpaired) electrons. The average Bonchev–Trinajstić information content (AvgIpc) is 3.46. The molecule has 6 rings (SSSR count). The van der Waals surface area contributed by atoms with E-state index >= 15 is 0 Å². The predicted molar refractivity (Wildman–Crippen MR) is 141 cm³/mol. The number of amides is 2. The number of nitrogens with two attached hydrogens (primary N) is 2. The molecule has 0 aromatic carbocycles. The van der Waals surface area contributed by atoms with Crippen LogP contribution >= 0.6 is 0 Å². The summed E-state index contributed by atoms with van der Waals surface area (Å²) in [5.74, 6) is -4.54. The zero-order chi connectivity index (χ0) is 29.1. The molecular weight excluding hydrogens is 543 g/mol. The van der Waals surface area contributed by atoms with E-state index in [-0.39, 0.29) is 30.6 Å². The third-order valence-electron chi connectivity index (χ3n) is 7.94. The number of carbonyl (C=O) groups is 2.